The van der Waals surface area contributed by atoms with Gasteiger partial charge in [-0.3, -0.25) is 9.59 Å². The molecule has 3 aromatic rings. The molecule has 2 amide bonds. The zero-order valence-corrected chi connectivity index (χ0v) is 21.8. The summed E-state index contributed by atoms with van der Waals surface area (Å²) in [4.78, 5) is 28.5. The second-order valence-corrected chi connectivity index (χ2v) is 8.98. The third-order valence-electron chi connectivity index (χ3n) is 5.80. The van der Waals surface area contributed by atoms with Crippen LogP contribution in [0.4, 0.5) is 0 Å². The maximum Gasteiger partial charge on any atom is 0.261 e. The summed E-state index contributed by atoms with van der Waals surface area (Å²) in [5.41, 5.74) is 2.67. The Labute approximate surface area is 218 Å². The van der Waals surface area contributed by atoms with Crippen molar-refractivity contribution in [3.05, 3.63) is 94.5 Å². The van der Waals surface area contributed by atoms with E-state index in [0.29, 0.717) is 29.5 Å². The lowest BCUT2D eigenvalue weighted by Crippen LogP contribution is -2.51. The van der Waals surface area contributed by atoms with Crippen molar-refractivity contribution in [1.82, 2.24) is 10.2 Å². The molecule has 0 saturated carbocycles. The quantitative estimate of drug-likeness (QED) is 0.365. The van der Waals surface area contributed by atoms with E-state index in [0.717, 1.165) is 23.1 Å². The molecular formula is C29H33ClN2O4. The highest BCUT2D eigenvalue weighted by molar-refractivity contribution is 6.31. The first-order valence-corrected chi connectivity index (χ1v) is 12.4. The molecule has 0 aliphatic heterocycles. The van der Waals surface area contributed by atoms with Crippen LogP contribution < -0.4 is 14.8 Å². The van der Waals surface area contributed by atoms with Crippen molar-refractivity contribution in [3.8, 4) is 11.5 Å². The van der Waals surface area contributed by atoms with Crippen LogP contribution in [0.2, 0.25) is 5.02 Å². The molecule has 1 N–H and O–H groups in total. The molecule has 36 heavy (non-hydrogen) atoms. The minimum absolute atomic E-state index is 0.195. The number of halogens is 1. The van der Waals surface area contributed by atoms with E-state index in [2.05, 4.69) is 5.32 Å². The zero-order chi connectivity index (χ0) is 25.9. The van der Waals surface area contributed by atoms with E-state index in [1.165, 1.54) is 0 Å². The van der Waals surface area contributed by atoms with Crippen molar-refractivity contribution in [2.45, 2.75) is 39.3 Å². The van der Waals surface area contributed by atoms with E-state index in [9.17, 15) is 9.59 Å². The highest BCUT2D eigenvalue weighted by Crippen LogP contribution is 2.22. The van der Waals surface area contributed by atoms with Crippen LogP contribution in [0.3, 0.4) is 0 Å². The summed E-state index contributed by atoms with van der Waals surface area (Å²) in [5, 5.41) is 3.60. The van der Waals surface area contributed by atoms with Crippen molar-refractivity contribution < 1.29 is 19.1 Å². The predicted molar refractivity (Wildman–Crippen MR) is 142 cm³/mol. The fraction of sp³-hybridized carbons (Fsp3) is 0.310. The van der Waals surface area contributed by atoms with E-state index in [4.69, 9.17) is 21.1 Å². The maximum absolute atomic E-state index is 13.6. The van der Waals surface area contributed by atoms with Gasteiger partial charge in [0.15, 0.2) is 6.61 Å². The molecule has 3 rings (SSSR count). The SMILES string of the molecule is CCCNC(=O)[C@H](Cc1ccccc1)N(Cc1cccc(OC)c1)C(=O)COc1ccc(Cl)c(C)c1. The van der Waals surface area contributed by atoms with E-state index in [1.807, 2.05) is 68.4 Å². The first kappa shape index (κ1) is 27.1. The first-order chi connectivity index (χ1) is 17.4. The third kappa shape index (κ3) is 7.75. The Morgan fingerprint density at radius 1 is 0.972 bits per heavy atom. The predicted octanol–water partition coefficient (Wildman–Crippen LogP) is 5.20. The summed E-state index contributed by atoms with van der Waals surface area (Å²) in [5.74, 6) is 0.738. The Kier molecular flexibility index (Phi) is 10.2. The van der Waals surface area contributed by atoms with Crippen molar-refractivity contribution in [2.24, 2.45) is 0 Å². The third-order valence-corrected chi connectivity index (χ3v) is 6.22. The Balaban J connectivity index is 1.90. The highest BCUT2D eigenvalue weighted by Gasteiger charge is 2.30. The number of benzene rings is 3. The molecule has 1 atom stereocenters. The average Bonchev–Trinajstić information content (AvgIpc) is 2.90. The van der Waals surface area contributed by atoms with Crippen LogP contribution in [-0.2, 0) is 22.6 Å². The molecule has 0 aliphatic rings. The largest absolute Gasteiger partial charge is 0.497 e. The molecule has 190 valence electrons. The molecule has 7 heteroatoms. The second kappa shape index (κ2) is 13.5. The van der Waals surface area contributed by atoms with Crippen LogP contribution in [0.1, 0.15) is 30.0 Å². The monoisotopic (exact) mass is 508 g/mol. The minimum atomic E-state index is -0.715. The topological polar surface area (TPSA) is 67.9 Å². The number of rotatable bonds is 12. The summed E-state index contributed by atoms with van der Waals surface area (Å²) < 4.78 is 11.2. The van der Waals surface area contributed by atoms with Crippen molar-refractivity contribution in [1.29, 1.82) is 0 Å². The van der Waals surface area contributed by atoms with E-state index in [-0.39, 0.29) is 25.0 Å². The van der Waals surface area contributed by atoms with Gasteiger partial charge in [0, 0.05) is 24.5 Å². The molecule has 0 aromatic heterocycles. The molecule has 3 aromatic carbocycles. The number of hydrogen-bond acceptors (Lipinski definition) is 4. The minimum Gasteiger partial charge on any atom is -0.497 e. The lowest BCUT2D eigenvalue weighted by molar-refractivity contribution is -0.142. The number of amides is 2. The number of ether oxygens (including phenoxy) is 2. The molecule has 0 radical (unpaired) electrons. The molecule has 0 bridgehead atoms. The Bertz CT molecular complexity index is 1150. The second-order valence-electron chi connectivity index (χ2n) is 8.57. The Morgan fingerprint density at radius 2 is 1.72 bits per heavy atom. The number of nitrogens with zero attached hydrogens (tertiary/aromatic N) is 1. The van der Waals surface area contributed by atoms with Gasteiger partial charge >= 0.3 is 0 Å². The van der Waals surface area contributed by atoms with E-state index >= 15 is 0 Å². The van der Waals surface area contributed by atoms with Gasteiger partial charge in [0.1, 0.15) is 17.5 Å². The van der Waals surface area contributed by atoms with Crippen LogP contribution in [0.15, 0.2) is 72.8 Å². The number of carbonyl (C=O) groups is 2. The van der Waals surface area contributed by atoms with Gasteiger partial charge in [-0.1, -0.05) is 61.0 Å². The number of hydrogen-bond donors (Lipinski definition) is 1. The lowest BCUT2D eigenvalue weighted by Gasteiger charge is -2.31. The van der Waals surface area contributed by atoms with Gasteiger partial charge in [-0.2, -0.15) is 0 Å². The van der Waals surface area contributed by atoms with Crippen LogP contribution in [0.5, 0.6) is 11.5 Å². The van der Waals surface area contributed by atoms with Crippen molar-refractivity contribution in [2.75, 3.05) is 20.3 Å². The van der Waals surface area contributed by atoms with Gasteiger partial charge in [-0.05, 0) is 60.4 Å². The molecule has 0 aliphatic carbocycles. The van der Waals surface area contributed by atoms with Crippen LogP contribution in [0.25, 0.3) is 0 Å². The maximum atomic E-state index is 13.6. The van der Waals surface area contributed by atoms with Crippen LogP contribution in [0, 0.1) is 6.92 Å². The van der Waals surface area contributed by atoms with Gasteiger partial charge < -0.3 is 19.7 Å². The molecule has 0 unspecified atom stereocenters. The van der Waals surface area contributed by atoms with Crippen molar-refractivity contribution >= 4 is 23.4 Å². The average molecular weight is 509 g/mol. The Hall–Kier alpha value is -3.51. The van der Waals surface area contributed by atoms with Crippen LogP contribution in [-0.4, -0.2) is 43.0 Å². The standard InChI is InChI=1S/C29H33ClN2O4/c1-4-15-31-29(34)27(18-22-9-6-5-7-10-22)32(19-23-11-8-12-24(17-23)35-3)28(33)20-36-25-13-14-26(30)21(2)16-25/h5-14,16-17,27H,4,15,18-20H2,1-3H3,(H,31,34)/t27-/m0/s1. The molecule has 6 nitrogen and oxygen atoms in total. The zero-order valence-electron chi connectivity index (χ0n) is 21.0. The number of aryl methyl sites for hydroxylation is 1. The summed E-state index contributed by atoms with van der Waals surface area (Å²) in [6.45, 7) is 4.42. The molecular weight excluding hydrogens is 476 g/mol. The normalized spacial score (nSPS) is 11.4. The fourth-order valence-electron chi connectivity index (χ4n) is 3.82. The van der Waals surface area contributed by atoms with Gasteiger partial charge in [-0.15, -0.1) is 0 Å². The van der Waals surface area contributed by atoms with Gasteiger partial charge in [0.05, 0.1) is 7.11 Å². The molecule has 0 fully saturated rings. The van der Waals surface area contributed by atoms with E-state index < -0.39 is 6.04 Å². The molecule has 0 saturated heterocycles. The Morgan fingerprint density at radius 3 is 2.42 bits per heavy atom. The van der Waals surface area contributed by atoms with Gasteiger partial charge in [-0.25, -0.2) is 0 Å². The summed E-state index contributed by atoms with van der Waals surface area (Å²) in [6.07, 6.45) is 1.18. The number of nitrogens with one attached hydrogen (secondary N) is 1. The summed E-state index contributed by atoms with van der Waals surface area (Å²) >= 11 is 6.12. The number of carbonyl (C=O) groups excluding carboxylic acids is 2. The smallest absolute Gasteiger partial charge is 0.261 e. The molecule has 0 heterocycles. The lowest BCUT2D eigenvalue weighted by atomic mass is 10.0. The van der Waals surface area contributed by atoms with Crippen LogP contribution >= 0.6 is 11.6 Å². The van der Waals surface area contributed by atoms with Gasteiger partial charge in [0.25, 0.3) is 5.91 Å². The fourth-order valence-corrected chi connectivity index (χ4v) is 3.94. The highest BCUT2D eigenvalue weighted by atomic mass is 35.5. The summed E-state index contributed by atoms with van der Waals surface area (Å²) in [6, 6.07) is 21.7. The summed E-state index contributed by atoms with van der Waals surface area (Å²) in [7, 11) is 1.60. The van der Waals surface area contributed by atoms with E-state index in [1.54, 1.807) is 30.2 Å². The van der Waals surface area contributed by atoms with Gasteiger partial charge in [0.2, 0.25) is 5.91 Å². The van der Waals surface area contributed by atoms with Crippen molar-refractivity contribution in [3.63, 3.8) is 0 Å². The number of methoxy groups -OCH3 is 1. The molecule has 0 spiro atoms. The first-order valence-electron chi connectivity index (χ1n) is 12.0.